The molecule has 0 aliphatic carbocycles. The molecule has 0 radical (unpaired) electrons. The van der Waals surface area contributed by atoms with Crippen molar-refractivity contribution in [2.45, 2.75) is 13.0 Å². The van der Waals surface area contributed by atoms with Gasteiger partial charge in [-0.1, -0.05) is 22.6 Å². The maximum atomic E-state index is 14.5. The van der Waals surface area contributed by atoms with E-state index in [2.05, 4.69) is 30.5 Å². The van der Waals surface area contributed by atoms with Crippen LogP contribution in [0.3, 0.4) is 0 Å². The number of benzene rings is 1. The Kier molecular flexibility index (Phi) is 4.58. The molecule has 0 saturated carbocycles. The number of rotatable bonds is 5. The van der Waals surface area contributed by atoms with Gasteiger partial charge in [-0.3, -0.25) is 4.98 Å². The molecular formula is C18H11F3N8OS. The molecule has 4 heterocycles. The van der Waals surface area contributed by atoms with E-state index in [1.54, 1.807) is 6.20 Å². The molecule has 0 saturated heterocycles. The number of nitrogens with two attached hydrogens (primary N) is 1. The van der Waals surface area contributed by atoms with Gasteiger partial charge in [0.1, 0.15) is 11.5 Å². The molecule has 156 valence electrons. The van der Waals surface area contributed by atoms with Crippen molar-refractivity contribution in [3.8, 4) is 22.7 Å². The van der Waals surface area contributed by atoms with Crippen LogP contribution in [-0.4, -0.2) is 35.2 Å². The Morgan fingerprint density at radius 3 is 2.77 bits per heavy atom. The Bertz CT molecular complexity index is 1400. The van der Waals surface area contributed by atoms with Gasteiger partial charge in [0, 0.05) is 11.8 Å². The first-order chi connectivity index (χ1) is 15.0. The number of alkyl halides is 2. The fourth-order valence-electron chi connectivity index (χ4n) is 2.90. The van der Waals surface area contributed by atoms with Crippen molar-refractivity contribution in [2.75, 3.05) is 5.73 Å². The largest absolute Gasteiger partial charge is 0.415 e. The van der Waals surface area contributed by atoms with Crippen molar-refractivity contribution in [2.24, 2.45) is 0 Å². The van der Waals surface area contributed by atoms with E-state index in [-0.39, 0.29) is 23.7 Å². The summed E-state index contributed by atoms with van der Waals surface area (Å²) in [5.74, 6) is -1.75. The number of fused-ring (bicyclic) bond motifs is 1. The van der Waals surface area contributed by atoms with E-state index in [4.69, 9.17) is 10.2 Å². The maximum absolute atomic E-state index is 14.5. The van der Waals surface area contributed by atoms with Crippen LogP contribution in [0.25, 0.3) is 32.9 Å². The van der Waals surface area contributed by atoms with Gasteiger partial charge in [0.2, 0.25) is 5.89 Å². The van der Waals surface area contributed by atoms with Crippen LogP contribution >= 0.6 is 11.3 Å². The number of aromatic nitrogens is 7. The number of nitrogen functional groups attached to an aromatic ring is 1. The van der Waals surface area contributed by atoms with Crippen LogP contribution in [0, 0.1) is 5.82 Å². The Balaban J connectivity index is 1.36. The van der Waals surface area contributed by atoms with Crippen molar-refractivity contribution >= 4 is 26.7 Å². The second kappa shape index (κ2) is 7.43. The van der Waals surface area contributed by atoms with Crippen LogP contribution in [0.4, 0.5) is 18.3 Å². The summed E-state index contributed by atoms with van der Waals surface area (Å²) < 4.78 is 46.8. The van der Waals surface area contributed by atoms with Crippen LogP contribution in [0.5, 0.6) is 0 Å². The van der Waals surface area contributed by atoms with Crippen molar-refractivity contribution < 1.29 is 17.6 Å². The zero-order valence-electron chi connectivity index (χ0n) is 15.4. The quantitative estimate of drug-likeness (QED) is 0.435. The van der Waals surface area contributed by atoms with Gasteiger partial charge >= 0.3 is 6.43 Å². The van der Waals surface area contributed by atoms with Gasteiger partial charge in [0.15, 0.2) is 5.13 Å². The predicted molar refractivity (Wildman–Crippen MR) is 105 cm³/mol. The number of hydrogen-bond acceptors (Lipinski definition) is 9. The van der Waals surface area contributed by atoms with Gasteiger partial charge in [-0.25, -0.2) is 14.1 Å². The summed E-state index contributed by atoms with van der Waals surface area (Å²) in [4.78, 5) is 8.24. The van der Waals surface area contributed by atoms with Crippen LogP contribution in [0.1, 0.15) is 18.0 Å². The van der Waals surface area contributed by atoms with Gasteiger partial charge in [0.05, 0.1) is 34.2 Å². The lowest BCUT2D eigenvalue weighted by molar-refractivity contribution is 0.116. The molecule has 5 aromatic rings. The predicted octanol–water partition coefficient (Wildman–Crippen LogP) is 3.71. The lowest BCUT2D eigenvalue weighted by atomic mass is 10.1. The van der Waals surface area contributed by atoms with Gasteiger partial charge in [-0.05, 0) is 18.2 Å². The molecule has 0 unspecified atom stereocenters. The molecule has 1 aromatic carbocycles. The van der Waals surface area contributed by atoms with E-state index in [1.807, 2.05) is 18.2 Å². The molecule has 0 bridgehead atoms. The zero-order chi connectivity index (χ0) is 21.5. The van der Waals surface area contributed by atoms with Crippen molar-refractivity contribution in [1.29, 1.82) is 0 Å². The summed E-state index contributed by atoms with van der Waals surface area (Å²) >= 11 is 1.37. The van der Waals surface area contributed by atoms with Gasteiger partial charge in [-0.15, -0.1) is 15.3 Å². The van der Waals surface area contributed by atoms with Crippen LogP contribution in [0.2, 0.25) is 0 Å². The molecule has 9 nitrogen and oxygen atoms in total. The lowest BCUT2D eigenvalue weighted by Crippen LogP contribution is -2.05. The van der Waals surface area contributed by atoms with Gasteiger partial charge < -0.3 is 10.2 Å². The average molecular weight is 444 g/mol. The highest BCUT2D eigenvalue weighted by molar-refractivity contribution is 7.22. The molecule has 0 spiro atoms. The maximum Gasteiger partial charge on any atom is 0.314 e. The lowest BCUT2D eigenvalue weighted by Gasteiger charge is -2.03. The smallest absolute Gasteiger partial charge is 0.314 e. The molecule has 31 heavy (non-hydrogen) atoms. The van der Waals surface area contributed by atoms with E-state index >= 15 is 0 Å². The molecule has 0 amide bonds. The molecule has 0 aliphatic rings. The molecule has 5 rings (SSSR count). The summed E-state index contributed by atoms with van der Waals surface area (Å²) in [5.41, 5.74) is 8.12. The van der Waals surface area contributed by atoms with Gasteiger partial charge in [0.25, 0.3) is 5.89 Å². The minimum absolute atomic E-state index is 0.0149. The summed E-state index contributed by atoms with van der Waals surface area (Å²) in [5, 5.41) is 15.3. The summed E-state index contributed by atoms with van der Waals surface area (Å²) in [6.07, 6.45) is 0.0169. The highest BCUT2D eigenvalue weighted by Gasteiger charge is 2.18. The van der Waals surface area contributed by atoms with E-state index < -0.39 is 18.1 Å². The second-order valence-corrected chi connectivity index (χ2v) is 7.50. The van der Waals surface area contributed by atoms with E-state index in [1.165, 1.54) is 22.2 Å². The molecular weight excluding hydrogens is 433 g/mol. The Labute approximate surface area is 175 Å². The van der Waals surface area contributed by atoms with E-state index in [0.717, 1.165) is 21.8 Å². The first-order valence-corrected chi connectivity index (χ1v) is 9.61. The standard InChI is InChI=1S/C18H11F3N8OS/c19-10-3-9(16-26-27-17(30-16)15(20)21)5-23-13(10)7-29-6-12(25-28-29)8-1-2-11-14(4-8)31-18(22)24-11/h1-6,15H,7H2,(H2,22,24). The zero-order valence-corrected chi connectivity index (χ0v) is 16.2. The Morgan fingerprint density at radius 1 is 1.13 bits per heavy atom. The first-order valence-electron chi connectivity index (χ1n) is 8.79. The third-order valence-electron chi connectivity index (χ3n) is 4.34. The van der Waals surface area contributed by atoms with Crippen LogP contribution in [-0.2, 0) is 6.54 Å². The normalized spacial score (nSPS) is 11.6. The number of nitrogens with zero attached hydrogens (tertiary/aromatic N) is 7. The fourth-order valence-corrected chi connectivity index (χ4v) is 3.68. The first kappa shape index (κ1) is 19.1. The third-order valence-corrected chi connectivity index (χ3v) is 5.19. The highest BCUT2D eigenvalue weighted by Crippen LogP contribution is 2.28. The minimum atomic E-state index is -2.91. The summed E-state index contributed by atoms with van der Waals surface area (Å²) in [6.45, 7) is 0.0149. The summed E-state index contributed by atoms with van der Waals surface area (Å²) in [7, 11) is 0. The second-order valence-electron chi connectivity index (χ2n) is 6.43. The number of pyridine rings is 1. The number of thiazole rings is 1. The van der Waals surface area contributed by atoms with Crippen LogP contribution in [0.15, 0.2) is 41.1 Å². The Morgan fingerprint density at radius 2 is 2.00 bits per heavy atom. The molecule has 0 aliphatic heterocycles. The molecule has 2 N–H and O–H groups in total. The average Bonchev–Trinajstić information content (AvgIpc) is 3.47. The summed E-state index contributed by atoms with van der Waals surface area (Å²) in [6, 6.07) is 6.68. The van der Waals surface area contributed by atoms with Crippen molar-refractivity contribution in [1.82, 2.24) is 35.2 Å². The Hall–Kier alpha value is -3.87. The number of hydrogen-bond donors (Lipinski definition) is 1. The monoisotopic (exact) mass is 444 g/mol. The number of anilines is 1. The van der Waals surface area contributed by atoms with Crippen molar-refractivity contribution in [3.05, 3.63) is 54.1 Å². The fraction of sp³-hybridized carbons (Fsp3) is 0.111. The molecule has 0 fully saturated rings. The van der Waals surface area contributed by atoms with Crippen molar-refractivity contribution in [3.63, 3.8) is 0 Å². The SMILES string of the molecule is Nc1nc2ccc(-c3cn(Cc4ncc(-c5nnc(C(F)F)o5)cc4F)nn3)cc2s1. The molecule has 4 aromatic heterocycles. The minimum Gasteiger partial charge on any atom is -0.415 e. The third kappa shape index (κ3) is 3.70. The van der Waals surface area contributed by atoms with Gasteiger partial charge in [-0.2, -0.15) is 8.78 Å². The topological polar surface area (TPSA) is 121 Å². The van der Waals surface area contributed by atoms with Crippen LogP contribution < -0.4 is 5.73 Å². The number of halogens is 3. The molecule has 13 heteroatoms. The molecule has 0 atom stereocenters. The highest BCUT2D eigenvalue weighted by atomic mass is 32.1. The van der Waals surface area contributed by atoms with E-state index in [9.17, 15) is 13.2 Å². The van der Waals surface area contributed by atoms with E-state index in [0.29, 0.717) is 10.8 Å².